The van der Waals surface area contributed by atoms with Crippen LogP contribution in [0.4, 0.5) is 5.13 Å². The van der Waals surface area contributed by atoms with Gasteiger partial charge in [-0.25, -0.2) is 4.98 Å². The van der Waals surface area contributed by atoms with Gasteiger partial charge in [0.05, 0.1) is 27.4 Å². The molecule has 0 unspecified atom stereocenters. The number of rotatable bonds is 4. The molecule has 162 valence electrons. The first kappa shape index (κ1) is 20.8. The molecule has 7 heteroatoms. The van der Waals surface area contributed by atoms with Gasteiger partial charge in [0.1, 0.15) is 11.8 Å². The summed E-state index contributed by atoms with van der Waals surface area (Å²) in [6.45, 7) is 3.93. The number of benzene rings is 3. The number of hydrogen-bond donors (Lipinski definition) is 0. The monoisotopic (exact) mass is 453 g/mol. The van der Waals surface area contributed by atoms with Gasteiger partial charge in [-0.2, -0.15) is 10.1 Å². The number of hydrazone groups is 1. The van der Waals surface area contributed by atoms with Crippen LogP contribution in [-0.2, 0) is 0 Å². The van der Waals surface area contributed by atoms with Gasteiger partial charge >= 0.3 is 0 Å². The molecule has 0 spiro atoms. The molecule has 1 amide bonds. The van der Waals surface area contributed by atoms with Crippen molar-refractivity contribution < 1.29 is 9.21 Å². The maximum Gasteiger partial charge on any atom is 0.280 e. The molecule has 0 saturated heterocycles. The zero-order valence-corrected chi connectivity index (χ0v) is 18.8. The zero-order chi connectivity index (χ0) is 22.9. The summed E-state index contributed by atoms with van der Waals surface area (Å²) in [6.07, 6.45) is 2.70. The van der Waals surface area contributed by atoms with Crippen LogP contribution in [0.25, 0.3) is 21.2 Å². The van der Waals surface area contributed by atoms with E-state index in [9.17, 15) is 9.59 Å². The van der Waals surface area contributed by atoms with Crippen LogP contribution < -0.4 is 10.4 Å². The SMILES string of the molecule is Cc1cccc(C(=O)N(/N=C/c2coc3ccccc3c2=O)c2nc3ccc(C)cc3s2)c1. The Balaban J connectivity index is 1.61. The summed E-state index contributed by atoms with van der Waals surface area (Å²) in [5, 5.41) is 6.51. The fourth-order valence-corrected chi connectivity index (χ4v) is 4.52. The normalized spacial score (nSPS) is 11.5. The lowest BCUT2D eigenvalue weighted by molar-refractivity contribution is 0.0987. The van der Waals surface area contributed by atoms with Crippen LogP contribution in [0.1, 0.15) is 27.0 Å². The summed E-state index contributed by atoms with van der Waals surface area (Å²) in [4.78, 5) is 30.9. The second-order valence-electron chi connectivity index (χ2n) is 7.71. The largest absolute Gasteiger partial charge is 0.463 e. The molecule has 0 aliphatic heterocycles. The Morgan fingerprint density at radius 3 is 2.70 bits per heavy atom. The number of aromatic nitrogens is 1. The molecule has 6 nitrogen and oxygen atoms in total. The Bertz CT molecular complexity index is 1600. The van der Waals surface area contributed by atoms with Crippen molar-refractivity contribution in [2.75, 3.05) is 5.01 Å². The predicted octanol–water partition coefficient (Wildman–Crippen LogP) is 5.70. The van der Waals surface area contributed by atoms with Crippen molar-refractivity contribution in [2.24, 2.45) is 5.10 Å². The highest BCUT2D eigenvalue weighted by molar-refractivity contribution is 7.22. The number of fused-ring (bicyclic) bond motifs is 2. The van der Waals surface area contributed by atoms with Crippen molar-refractivity contribution in [1.82, 2.24) is 4.98 Å². The van der Waals surface area contributed by atoms with E-state index in [1.54, 1.807) is 36.4 Å². The quantitative estimate of drug-likeness (QED) is 0.258. The molecule has 0 radical (unpaired) electrons. The molecule has 0 N–H and O–H groups in total. The van der Waals surface area contributed by atoms with Gasteiger partial charge in [-0.05, 0) is 55.8 Å². The third kappa shape index (κ3) is 4.06. The number of anilines is 1. The summed E-state index contributed by atoms with van der Waals surface area (Å²) in [5.41, 5.74) is 3.84. The average molecular weight is 454 g/mol. The van der Waals surface area contributed by atoms with Crippen molar-refractivity contribution in [2.45, 2.75) is 13.8 Å². The molecule has 0 fully saturated rings. The van der Waals surface area contributed by atoms with E-state index in [0.29, 0.717) is 21.7 Å². The molecule has 2 heterocycles. The van der Waals surface area contributed by atoms with Crippen LogP contribution in [0.5, 0.6) is 0 Å². The van der Waals surface area contributed by atoms with Crippen LogP contribution in [-0.4, -0.2) is 17.1 Å². The van der Waals surface area contributed by atoms with Crippen molar-refractivity contribution in [3.05, 3.63) is 105 Å². The molecule has 0 aliphatic rings. The molecular formula is C26H19N3O3S. The summed E-state index contributed by atoms with van der Waals surface area (Å²) in [5.74, 6) is -0.337. The molecule has 5 rings (SSSR count). The van der Waals surface area contributed by atoms with Crippen LogP contribution >= 0.6 is 11.3 Å². The van der Waals surface area contributed by atoms with E-state index < -0.39 is 0 Å². The van der Waals surface area contributed by atoms with Gasteiger partial charge in [-0.1, -0.05) is 47.2 Å². The number of nitrogens with zero attached hydrogens (tertiary/aromatic N) is 3. The zero-order valence-electron chi connectivity index (χ0n) is 18.0. The Morgan fingerprint density at radius 2 is 1.85 bits per heavy atom. The fraction of sp³-hybridized carbons (Fsp3) is 0.0769. The van der Waals surface area contributed by atoms with E-state index in [0.717, 1.165) is 21.3 Å². The first-order valence-electron chi connectivity index (χ1n) is 10.3. The van der Waals surface area contributed by atoms with Crippen LogP contribution in [0, 0.1) is 13.8 Å². The van der Waals surface area contributed by atoms with Crippen LogP contribution in [0.2, 0.25) is 0 Å². The van der Waals surface area contributed by atoms with Gasteiger partial charge in [-0.3, -0.25) is 9.59 Å². The molecule has 5 aromatic rings. The highest BCUT2D eigenvalue weighted by Crippen LogP contribution is 2.30. The Kier molecular flexibility index (Phi) is 5.32. The molecule has 0 atom stereocenters. The van der Waals surface area contributed by atoms with Crippen molar-refractivity contribution in [3.63, 3.8) is 0 Å². The minimum absolute atomic E-state index is 0.219. The van der Waals surface area contributed by atoms with E-state index in [1.807, 2.05) is 44.2 Å². The van der Waals surface area contributed by atoms with Crippen molar-refractivity contribution in [1.29, 1.82) is 0 Å². The van der Waals surface area contributed by atoms with Gasteiger partial charge < -0.3 is 4.42 Å². The third-order valence-electron chi connectivity index (χ3n) is 5.19. The fourth-order valence-electron chi connectivity index (χ4n) is 3.50. The van der Waals surface area contributed by atoms with Gasteiger partial charge in [0.15, 0.2) is 0 Å². The van der Waals surface area contributed by atoms with Crippen LogP contribution in [0.15, 0.2) is 87.3 Å². The first-order chi connectivity index (χ1) is 16.0. The van der Waals surface area contributed by atoms with Crippen molar-refractivity contribution >= 4 is 49.8 Å². The number of carbonyl (C=O) groups excluding carboxylic acids is 1. The Morgan fingerprint density at radius 1 is 1.03 bits per heavy atom. The maximum atomic E-state index is 13.4. The lowest BCUT2D eigenvalue weighted by Crippen LogP contribution is -2.26. The van der Waals surface area contributed by atoms with Gasteiger partial charge in [0.25, 0.3) is 5.91 Å². The minimum Gasteiger partial charge on any atom is -0.463 e. The molecule has 3 aromatic carbocycles. The predicted molar refractivity (Wildman–Crippen MR) is 132 cm³/mol. The first-order valence-corrected chi connectivity index (χ1v) is 11.1. The smallest absolute Gasteiger partial charge is 0.280 e. The number of hydrogen-bond acceptors (Lipinski definition) is 6. The van der Waals surface area contributed by atoms with Crippen molar-refractivity contribution in [3.8, 4) is 0 Å². The third-order valence-corrected chi connectivity index (χ3v) is 6.18. The molecule has 0 bridgehead atoms. The van der Waals surface area contributed by atoms with Gasteiger partial charge in [0.2, 0.25) is 10.6 Å². The molecule has 33 heavy (non-hydrogen) atoms. The molecular weight excluding hydrogens is 434 g/mol. The van der Waals surface area contributed by atoms with E-state index in [1.165, 1.54) is 28.8 Å². The Hall–Kier alpha value is -4.10. The topological polar surface area (TPSA) is 75.8 Å². The van der Waals surface area contributed by atoms with Gasteiger partial charge in [-0.15, -0.1) is 0 Å². The second-order valence-corrected chi connectivity index (χ2v) is 8.72. The van der Waals surface area contributed by atoms with E-state index in [-0.39, 0.29) is 16.9 Å². The standard InChI is InChI=1S/C26H19N3O3S/c1-16-6-5-7-18(12-16)25(31)29(26-28-21-11-10-17(2)13-23(21)33-26)27-14-19-15-32-22-9-4-3-8-20(22)24(19)30/h3-15H,1-2H3/b27-14+. The van der Waals surface area contributed by atoms with Gasteiger partial charge in [0, 0.05) is 5.56 Å². The van der Waals surface area contributed by atoms with Crippen LogP contribution in [0.3, 0.4) is 0 Å². The summed E-state index contributed by atoms with van der Waals surface area (Å²) in [6, 6.07) is 20.2. The number of thiazole rings is 1. The lowest BCUT2D eigenvalue weighted by Gasteiger charge is -2.14. The van der Waals surface area contributed by atoms with E-state index >= 15 is 0 Å². The maximum absolute atomic E-state index is 13.4. The molecule has 2 aromatic heterocycles. The Labute approximate surface area is 193 Å². The highest BCUT2D eigenvalue weighted by atomic mass is 32.1. The number of para-hydroxylation sites is 1. The summed E-state index contributed by atoms with van der Waals surface area (Å²) >= 11 is 1.37. The highest BCUT2D eigenvalue weighted by Gasteiger charge is 2.21. The number of carbonyl (C=O) groups is 1. The number of amides is 1. The van der Waals surface area contributed by atoms with E-state index in [4.69, 9.17) is 4.42 Å². The minimum atomic E-state index is -0.337. The summed E-state index contributed by atoms with van der Waals surface area (Å²) < 4.78 is 6.53. The summed E-state index contributed by atoms with van der Waals surface area (Å²) in [7, 11) is 0. The van der Waals surface area contributed by atoms with E-state index in [2.05, 4.69) is 10.1 Å². The second kappa shape index (κ2) is 8.44. The molecule has 0 aliphatic carbocycles. The lowest BCUT2D eigenvalue weighted by atomic mass is 10.1. The molecule has 0 saturated carbocycles. The average Bonchev–Trinajstić information content (AvgIpc) is 3.23. The number of aryl methyl sites for hydroxylation is 2.